The standard InChI is InChI=1S/C16H21BrO3/c1-12-15(17)4-2-5-16(12)20-14-8-6-13(7-9-14)19-11-3-10-18/h2,4-5,10,13-14H,3,6-9,11H2,1H3. The van der Waals surface area contributed by atoms with Crippen LogP contribution in [0.3, 0.4) is 0 Å². The van der Waals surface area contributed by atoms with Crippen LogP contribution in [0.5, 0.6) is 5.75 Å². The molecule has 3 nitrogen and oxygen atoms in total. The van der Waals surface area contributed by atoms with Crippen LogP contribution >= 0.6 is 15.9 Å². The second kappa shape index (κ2) is 7.79. The molecule has 0 amide bonds. The van der Waals surface area contributed by atoms with Gasteiger partial charge in [-0.25, -0.2) is 0 Å². The van der Waals surface area contributed by atoms with Gasteiger partial charge in [0, 0.05) is 16.5 Å². The summed E-state index contributed by atoms with van der Waals surface area (Å²) in [7, 11) is 0. The summed E-state index contributed by atoms with van der Waals surface area (Å²) in [6.07, 6.45) is 6.01. The fourth-order valence-corrected chi connectivity index (χ4v) is 2.84. The quantitative estimate of drug-likeness (QED) is 0.578. The highest BCUT2D eigenvalue weighted by atomic mass is 79.9. The van der Waals surface area contributed by atoms with E-state index in [2.05, 4.69) is 22.9 Å². The van der Waals surface area contributed by atoms with Gasteiger partial charge in [-0.15, -0.1) is 0 Å². The first-order chi connectivity index (χ1) is 9.70. The van der Waals surface area contributed by atoms with E-state index >= 15 is 0 Å². The summed E-state index contributed by atoms with van der Waals surface area (Å²) < 4.78 is 12.9. The topological polar surface area (TPSA) is 35.5 Å². The maximum absolute atomic E-state index is 10.3. The van der Waals surface area contributed by atoms with Gasteiger partial charge in [-0.05, 0) is 44.7 Å². The van der Waals surface area contributed by atoms with E-state index in [4.69, 9.17) is 9.47 Å². The molecule has 0 aliphatic heterocycles. The van der Waals surface area contributed by atoms with Crippen molar-refractivity contribution in [2.75, 3.05) is 6.61 Å². The highest BCUT2D eigenvalue weighted by Crippen LogP contribution is 2.30. The Kier molecular flexibility index (Phi) is 6.05. The number of hydrogen-bond acceptors (Lipinski definition) is 3. The molecule has 110 valence electrons. The number of hydrogen-bond donors (Lipinski definition) is 0. The average Bonchev–Trinajstić information content (AvgIpc) is 2.46. The lowest BCUT2D eigenvalue weighted by atomic mass is 9.95. The van der Waals surface area contributed by atoms with Crippen molar-refractivity contribution in [1.82, 2.24) is 0 Å². The van der Waals surface area contributed by atoms with Gasteiger partial charge in [-0.2, -0.15) is 0 Å². The minimum absolute atomic E-state index is 0.272. The third-order valence-corrected chi connectivity index (χ3v) is 4.58. The van der Waals surface area contributed by atoms with Gasteiger partial charge in [0.25, 0.3) is 0 Å². The summed E-state index contributed by atoms with van der Waals surface area (Å²) >= 11 is 3.53. The van der Waals surface area contributed by atoms with E-state index in [1.54, 1.807) is 0 Å². The average molecular weight is 341 g/mol. The van der Waals surface area contributed by atoms with Crippen molar-refractivity contribution in [3.05, 3.63) is 28.2 Å². The van der Waals surface area contributed by atoms with E-state index in [-0.39, 0.29) is 6.10 Å². The minimum atomic E-state index is 0.272. The van der Waals surface area contributed by atoms with Gasteiger partial charge in [-0.3, -0.25) is 0 Å². The third-order valence-electron chi connectivity index (χ3n) is 3.72. The van der Waals surface area contributed by atoms with E-state index in [0.29, 0.717) is 19.1 Å². The molecule has 0 N–H and O–H groups in total. The van der Waals surface area contributed by atoms with Gasteiger partial charge in [-0.1, -0.05) is 22.0 Å². The number of rotatable bonds is 6. The Morgan fingerprint density at radius 1 is 1.25 bits per heavy atom. The van der Waals surface area contributed by atoms with Crippen molar-refractivity contribution in [2.45, 2.75) is 51.2 Å². The van der Waals surface area contributed by atoms with Gasteiger partial charge in [0.05, 0.1) is 18.8 Å². The summed E-state index contributed by atoms with van der Waals surface area (Å²) in [5.74, 6) is 0.963. The minimum Gasteiger partial charge on any atom is -0.490 e. The van der Waals surface area contributed by atoms with E-state index in [9.17, 15) is 4.79 Å². The van der Waals surface area contributed by atoms with Gasteiger partial charge in [0.2, 0.25) is 0 Å². The number of carbonyl (C=O) groups excluding carboxylic acids is 1. The van der Waals surface area contributed by atoms with Crippen molar-refractivity contribution >= 4 is 22.2 Å². The molecule has 0 spiro atoms. The predicted molar refractivity (Wildman–Crippen MR) is 82.2 cm³/mol. The molecule has 1 aromatic carbocycles. The molecule has 0 aromatic heterocycles. The zero-order valence-corrected chi connectivity index (χ0v) is 13.4. The van der Waals surface area contributed by atoms with Crippen LogP contribution in [0.15, 0.2) is 22.7 Å². The fraction of sp³-hybridized carbons (Fsp3) is 0.562. The van der Waals surface area contributed by atoms with Crippen molar-refractivity contribution in [1.29, 1.82) is 0 Å². The molecule has 20 heavy (non-hydrogen) atoms. The van der Waals surface area contributed by atoms with Gasteiger partial charge < -0.3 is 14.3 Å². The van der Waals surface area contributed by atoms with Crippen LogP contribution in [-0.2, 0) is 9.53 Å². The SMILES string of the molecule is Cc1c(Br)cccc1OC1CCC(OCCC=O)CC1. The van der Waals surface area contributed by atoms with Crippen LogP contribution in [-0.4, -0.2) is 25.1 Å². The monoisotopic (exact) mass is 340 g/mol. The zero-order chi connectivity index (χ0) is 14.4. The first-order valence-corrected chi connectivity index (χ1v) is 7.97. The van der Waals surface area contributed by atoms with Crippen LogP contribution in [0.4, 0.5) is 0 Å². The summed E-state index contributed by atoms with van der Waals surface area (Å²) in [6, 6.07) is 6.05. The highest BCUT2D eigenvalue weighted by Gasteiger charge is 2.23. The second-order valence-electron chi connectivity index (χ2n) is 5.21. The Labute approximate surface area is 128 Å². The maximum atomic E-state index is 10.3. The van der Waals surface area contributed by atoms with E-state index in [1.807, 2.05) is 18.2 Å². The molecule has 0 radical (unpaired) electrons. The van der Waals surface area contributed by atoms with Crippen LogP contribution in [0.1, 0.15) is 37.7 Å². The summed E-state index contributed by atoms with van der Waals surface area (Å²) in [5, 5.41) is 0. The smallest absolute Gasteiger partial charge is 0.123 e. The van der Waals surface area contributed by atoms with E-state index in [0.717, 1.165) is 47.8 Å². The van der Waals surface area contributed by atoms with Gasteiger partial charge >= 0.3 is 0 Å². The molecule has 0 heterocycles. The van der Waals surface area contributed by atoms with Crippen molar-refractivity contribution in [2.24, 2.45) is 0 Å². The lowest BCUT2D eigenvalue weighted by molar-refractivity contribution is -0.109. The van der Waals surface area contributed by atoms with Gasteiger partial charge in [0.15, 0.2) is 0 Å². The van der Waals surface area contributed by atoms with Crippen LogP contribution in [0.25, 0.3) is 0 Å². The number of carbonyl (C=O) groups is 1. The first kappa shape index (κ1) is 15.5. The number of benzene rings is 1. The summed E-state index contributed by atoms with van der Waals surface area (Å²) in [6.45, 7) is 2.61. The van der Waals surface area contributed by atoms with Crippen molar-refractivity contribution in [3.8, 4) is 5.75 Å². The van der Waals surface area contributed by atoms with Crippen molar-refractivity contribution < 1.29 is 14.3 Å². The Balaban J connectivity index is 1.79. The number of ether oxygens (including phenoxy) is 2. The van der Waals surface area contributed by atoms with Crippen LogP contribution < -0.4 is 4.74 Å². The summed E-state index contributed by atoms with van der Waals surface area (Å²) in [4.78, 5) is 10.3. The number of halogens is 1. The van der Waals surface area contributed by atoms with Crippen molar-refractivity contribution in [3.63, 3.8) is 0 Å². The molecular formula is C16H21BrO3. The fourth-order valence-electron chi connectivity index (χ4n) is 2.49. The molecule has 1 fully saturated rings. The Bertz CT molecular complexity index is 439. The molecule has 1 aliphatic carbocycles. The van der Waals surface area contributed by atoms with E-state index < -0.39 is 0 Å². The molecule has 2 rings (SSSR count). The molecule has 4 heteroatoms. The molecule has 0 saturated heterocycles. The first-order valence-electron chi connectivity index (χ1n) is 7.17. The maximum Gasteiger partial charge on any atom is 0.123 e. The van der Waals surface area contributed by atoms with E-state index in [1.165, 1.54) is 0 Å². The Morgan fingerprint density at radius 2 is 1.95 bits per heavy atom. The second-order valence-corrected chi connectivity index (χ2v) is 6.06. The Hall–Kier alpha value is -0.870. The normalized spacial score (nSPS) is 22.5. The molecular weight excluding hydrogens is 320 g/mol. The molecule has 1 aromatic rings. The van der Waals surface area contributed by atoms with Crippen LogP contribution in [0, 0.1) is 6.92 Å². The van der Waals surface area contributed by atoms with Crippen LogP contribution in [0.2, 0.25) is 0 Å². The zero-order valence-electron chi connectivity index (χ0n) is 11.8. The Morgan fingerprint density at radius 3 is 2.65 bits per heavy atom. The largest absolute Gasteiger partial charge is 0.490 e. The predicted octanol–water partition coefficient (Wildman–Crippen LogP) is 4.05. The molecule has 0 unspecified atom stereocenters. The van der Waals surface area contributed by atoms with Gasteiger partial charge in [0.1, 0.15) is 12.0 Å². The molecule has 1 aliphatic rings. The molecule has 0 bridgehead atoms. The lowest BCUT2D eigenvalue weighted by Crippen LogP contribution is -2.28. The third kappa shape index (κ3) is 4.32. The lowest BCUT2D eigenvalue weighted by Gasteiger charge is -2.29. The summed E-state index contributed by atoms with van der Waals surface area (Å²) in [5.41, 5.74) is 1.15. The highest BCUT2D eigenvalue weighted by molar-refractivity contribution is 9.10. The molecule has 0 atom stereocenters. The molecule has 1 saturated carbocycles. The number of aldehydes is 1.